The number of allylic oxidation sites excluding steroid dienone is 4. The van der Waals surface area contributed by atoms with Gasteiger partial charge in [-0.3, -0.25) is 19.0 Å². The minimum Gasteiger partial charge on any atom is -0.481 e. The van der Waals surface area contributed by atoms with E-state index in [2.05, 4.69) is 12.2 Å². The van der Waals surface area contributed by atoms with Crippen LogP contribution in [0.1, 0.15) is 69.7 Å². The number of rotatable bonds is 13. The summed E-state index contributed by atoms with van der Waals surface area (Å²) in [4.78, 5) is 35.0. The maximum absolute atomic E-state index is 13.6. The Hall–Kier alpha value is -3.62. The van der Waals surface area contributed by atoms with Gasteiger partial charge in [-0.1, -0.05) is 30.4 Å². The molecule has 7 nitrogen and oxygen atoms in total. The summed E-state index contributed by atoms with van der Waals surface area (Å²) in [5.74, 6) is 5.63. The number of nitrogens with two attached hydrogens (primary N) is 1. The molecule has 1 fully saturated rings. The topological polar surface area (TPSA) is 107 Å². The molecule has 1 aromatic heterocycles. The minimum absolute atomic E-state index is 0.0520. The van der Waals surface area contributed by atoms with E-state index in [1.54, 1.807) is 18.2 Å². The summed E-state index contributed by atoms with van der Waals surface area (Å²) >= 11 is 0. The molecule has 0 saturated heterocycles. The number of fused-ring (bicyclic) bond motifs is 1. The van der Waals surface area contributed by atoms with E-state index in [4.69, 9.17) is 20.8 Å². The van der Waals surface area contributed by atoms with Crippen molar-refractivity contribution in [1.29, 1.82) is 0 Å². The minimum atomic E-state index is -0.857. The van der Waals surface area contributed by atoms with Crippen molar-refractivity contribution in [2.24, 2.45) is 11.8 Å². The molecular weight excluding hydrogens is 509 g/mol. The number of benzene rings is 2. The van der Waals surface area contributed by atoms with Gasteiger partial charge in [0.25, 0.3) is 5.56 Å². The van der Waals surface area contributed by atoms with Crippen molar-refractivity contribution in [3.8, 4) is 5.69 Å². The first kappa shape index (κ1) is 29.4. The molecule has 1 aliphatic rings. The van der Waals surface area contributed by atoms with Crippen LogP contribution in [0, 0.1) is 11.7 Å². The highest BCUT2D eigenvalue weighted by molar-refractivity contribution is 5.78. The van der Waals surface area contributed by atoms with Gasteiger partial charge in [0.1, 0.15) is 11.6 Å². The van der Waals surface area contributed by atoms with Crippen molar-refractivity contribution >= 4 is 16.9 Å². The number of halogens is 1. The quantitative estimate of drug-likeness (QED) is 0.150. The van der Waals surface area contributed by atoms with Gasteiger partial charge >= 0.3 is 5.97 Å². The number of carboxylic acid groups (broad SMARTS) is 1. The van der Waals surface area contributed by atoms with Gasteiger partial charge in [-0.2, -0.15) is 0 Å². The van der Waals surface area contributed by atoms with Gasteiger partial charge in [0.15, 0.2) is 0 Å². The smallest absolute Gasteiger partial charge is 0.303 e. The van der Waals surface area contributed by atoms with Crippen LogP contribution in [0.3, 0.4) is 0 Å². The highest BCUT2D eigenvalue weighted by Crippen LogP contribution is 2.41. The van der Waals surface area contributed by atoms with Crippen molar-refractivity contribution in [2.45, 2.75) is 76.7 Å². The second-order valence-electron chi connectivity index (χ2n) is 10.7. The van der Waals surface area contributed by atoms with E-state index in [1.807, 2.05) is 31.2 Å². The number of hydrogen-bond acceptors (Lipinski definition) is 5. The van der Waals surface area contributed by atoms with Crippen LogP contribution in [0.4, 0.5) is 4.39 Å². The third kappa shape index (κ3) is 7.31. The first-order valence-electron chi connectivity index (χ1n) is 14.0. The molecule has 1 heterocycles. The molecule has 3 N–H and O–H groups in total. The number of aliphatic carboxylic acids is 1. The zero-order valence-corrected chi connectivity index (χ0v) is 23.0. The van der Waals surface area contributed by atoms with E-state index in [9.17, 15) is 14.0 Å². The molecule has 1 aliphatic carbocycles. The Labute approximate surface area is 234 Å². The van der Waals surface area contributed by atoms with Crippen LogP contribution in [-0.2, 0) is 22.5 Å². The fourth-order valence-electron chi connectivity index (χ4n) is 5.64. The monoisotopic (exact) mass is 547 g/mol. The number of aromatic nitrogens is 2. The standard InChI is InChI=1S/C32H38FN3O4/c1-2-3-4-5-8-24-18-20-32(22-24,40-34)19-17-23-11-16-27-28(21-23)35-29(9-6-7-10-30(37)38)36(31(27)39)26-14-12-25(33)13-15-26/h2-5,11-16,21,24H,6-10,17-20,22,34H2,1H3,(H,37,38)/b3-2-,5-4-/t24-,32?/m0/s1. The molecule has 40 heavy (non-hydrogen) atoms. The van der Waals surface area contributed by atoms with Gasteiger partial charge in [-0.15, -0.1) is 0 Å². The zero-order chi connectivity index (χ0) is 28.5. The van der Waals surface area contributed by atoms with Gasteiger partial charge < -0.3 is 5.11 Å². The second kappa shape index (κ2) is 13.6. The van der Waals surface area contributed by atoms with E-state index >= 15 is 0 Å². The van der Waals surface area contributed by atoms with Gasteiger partial charge in [-0.05, 0) is 106 Å². The Morgan fingerprint density at radius 1 is 1.20 bits per heavy atom. The Morgan fingerprint density at radius 3 is 2.73 bits per heavy atom. The molecular formula is C32H38FN3O4. The first-order valence-corrected chi connectivity index (χ1v) is 14.0. The Bertz CT molecular complexity index is 1430. The van der Waals surface area contributed by atoms with Crippen LogP contribution >= 0.6 is 0 Å². The number of carboxylic acids is 1. The van der Waals surface area contributed by atoms with Gasteiger partial charge in [0.2, 0.25) is 0 Å². The average molecular weight is 548 g/mol. The van der Waals surface area contributed by atoms with Crippen LogP contribution in [-0.4, -0.2) is 26.2 Å². The van der Waals surface area contributed by atoms with Crippen molar-refractivity contribution in [3.05, 3.63) is 94.3 Å². The molecule has 0 spiro atoms. The second-order valence-corrected chi connectivity index (χ2v) is 10.7. The molecule has 1 saturated carbocycles. The van der Waals surface area contributed by atoms with Crippen LogP contribution in [0.5, 0.6) is 0 Å². The lowest BCUT2D eigenvalue weighted by Crippen LogP contribution is -2.33. The van der Waals surface area contributed by atoms with E-state index in [0.29, 0.717) is 47.6 Å². The summed E-state index contributed by atoms with van der Waals surface area (Å²) in [6.07, 6.45) is 15.3. The fourth-order valence-corrected chi connectivity index (χ4v) is 5.64. The molecule has 2 atom stereocenters. The van der Waals surface area contributed by atoms with Crippen molar-refractivity contribution < 1.29 is 19.1 Å². The largest absolute Gasteiger partial charge is 0.481 e. The normalized spacial score (nSPS) is 19.3. The van der Waals surface area contributed by atoms with Gasteiger partial charge in [0.05, 0.1) is 22.2 Å². The molecule has 0 bridgehead atoms. The lowest BCUT2D eigenvalue weighted by molar-refractivity contribution is -0.137. The van der Waals surface area contributed by atoms with E-state index < -0.39 is 11.8 Å². The number of hydrogen-bond donors (Lipinski definition) is 2. The molecule has 212 valence electrons. The molecule has 0 amide bonds. The van der Waals surface area contributed by atoms with Crippen LogP contribution < -0.4 is 11.5 Å². The van der Waals surface area contributed by atoms with Gasteiger partial charge in [0, 0.05) is 12.8 Å². The van der Waals surface area contributed by atoms with Gasteiger partial charge in [-0.25, -0.2) is 15.3 Å². The Balaban J connectivity index is 1.56. The van der Waals surface area contributed by atoms with Crippen LogP contribution in [0.25, 0.3) is 16.6 Å². The highest BCUT2D eigenvalue weighted by Gasteiger charge is 2.39. The molecule has 4 rings (SSSR count). The van der Waals surface area contributed by atoms with Crippen molar-refractivity contribution in [2.75, 3.05) is 0 Å². The summed E-state index contributed by atoms with van der Waals surface area (Å²) < 4.78 is 15.1. The molecule has 3 aromatic rings. The van der Waals surface area contributed by atoms with E-state index in [1.165, 1.54) is 16.7 Å². The molecule has 0 radical (unpaired) electrons. The lowest BCUT2D eigenvalue weighted by Gasteiger charge is -2.27. The molecule has 1 unspecified atom stereocenters. The number of unbranched alkanes of at least 4 members (excludes halogenated alkanes) is 1. The summed E-state index contributed by atoms with van der Waals surface area (Å²) in [6, 6.07) is 11.4. The SMILES string of the molecule is C/C=C\C=C/C[C@H]1CCC(CCc2ccc3c(=O)n(-c4ccc(F)cc4)c(CCCCC(=O)O)nc3c2)(ON)C1. The Kier molecular flexibility index (Phi) is 10.0. The summed E-state index contributed by atoms with van der Waals surface area (Å²) in [6.45, 7) is 2.00. The van der Waals surface area contributed by atoms with Crippen molar-refractivity contribution in [3.63, 3.8) is 0 Å². The van der Waals surface area contributed by atoms with E-state index in [0.717, 1.165) is 44.1 Å². The maximum atomic E-state index is 13.6. The predicted molar refractivity (Wildman–Crippen MR) is 155 cm³/mol. The number of carbonyl (C=O) groups is 1. The summed E-state index contributed by atoms with van der Waals surface area (Å²) in [7, 11) is 0. The predicted octanol–water partition coefficient (Wildman–Crippen LogP) is 6.21. The maximum Gasteiger partial charge on any atom is 0.303 e. The highest BCUT2D eigenvalue weighted by atomic mass is 19.1. The number of nitrogens with zero attached hydrogens (tertiary/aromatic N) is 2. The average Bonchev–Trinajstić information content (AvgIpc) is 3.36. The lowest BCUT2D eigenvalue weighted by atomic mass is 9.91. The van der Waals surface area contributed by atoms with Crippen LogP contribution in [0.2, 0.25) is 0 Å². The summed E-state index contributed by atoms with van der Waals surface area (Å²) in [5, 5.41) is 9.47. The molecule has 0 aliphatic heterocycles. The van der Waals surface area contributed by atoms with E-state index in [-0.39, 0.29) is 17.6 Å². The third-order valence-corrected chi connectivity index (χ3v) is 7.83. The summed E-state index contributed by atoms with van der Waals surface area (Å²) in [5.41, 5.74) is 1.57. The molecule has 2 aromatic carbocycles. The number of aryl methyl sites for hydroxylation is 2. The third-order valence-electron chi connectivity index (χ3n) is 7.83. The van der Waals surface area contributed by atoms with Crippen molar-refractivity contribution in [1.82, 2.24) is 9.55 Å². The molecule has 8 heteroatoms. The zero-order valence-electron chi connectivity index (χ0n) is 23.0. The first-order chi connectivity index (χ1) is 19.3. The Morgan fingerprint density at radius 2 is 2.00 bits per heavy atom. The fraction of sp³-hybridized carbons (Fsp3) is 0.406. The van der Waals surface area contributed by atoms with Crippen LogP contribution in [0.15, 0.2) is 71.6 Å².